The van der Waals surface area contributed by atoms with Crippen LogP contribution in [0.2, 0.25) is 0 Å². The Balaban J connectivity index is 0.000000248. The molecule has 0 spiro atoms. The van der Waals surface area contributed by atoms with Gasteiger partial charge >= 0.3 is 49.4 Å². The van der Waals surface area contributed by atoms with Crippen molar-refractivity contribution in [3.8, 4) is 51.7 Å². The van der Waals surface area contributed by atoms with Crippen molar-refractivity contribution in [2.24, 2.45) is 0 Å². The third-order valence-corrected chi connectivity index (χ3v) is 11.8. The minimum absolute atomic E-state index is 0.00555. The van der Waals surface area contributed by atoms with Gasteiger partial charge in [0.1, 0.15) is 51.7 Å². The van der Waals surface area contributed by atoms with Crippen LogP contribution < -0.4 is 33.9 Å². The molecular formula is C66H65I2NO14S2V. The Morgan fingerprint density at radius 2 is 0.547 bits per heavy atom. The van der Waals surface area contributed by atoms with Gasteiger partial charge in [-0.3, -0.25) is 18.9 Å². The second-order valence-corrected chi connectivity index (χ2v) is 32.2. The van der Waals surface area contributed by atoms with Crippen LogP contribution in [0.1, 0.15) is 64.5 Å². The van der Waals surface area contributed by atoms with Gasteiger partial charge < -0.3 is 28.4 Å². The fourth-order valence-electron chi connectivity index (χ4n) is 7.09. The molecule has 1 unspecified atom stereocenters. The molecule has 9 rings (SSSR count). The van der Waals surface area contributed by atoms with E-state index in [2.05, 4.69) is 49.7 Å². The summed E-state index contributed by atoms with van der Waals surface area (Å²) in [5.74, 6) is 6.55. The summed E-state index contributed by atoms with van der Waals surface area (Å²) in [6.45, 7) is 6.00. The number of ketones is 3. The summed E-state index contributed by atoms with van der Waals surface area (Å²) in [6, 6.07) is 66.2. The Bertz CT molecular complexity index is 3260. The number of ether oxygens (including phenoxy) is 6. The van der Waals surface area contributed by atoms with Crippen molar-refractivity contribution in [2.45, 2.75) is 20.8 Å². The number of hydroxylamine groups is 1. The molecule has 1 atom stereocenters. The molecule has 0 aliphatic carbocycles. The fourth-order valence-corrected chi connectivity index (χ4v) is 7.33. The molecule has 0 bridgehead atoms. The Morgan fingerprint density at radius 1 is 0.395 bits per heavy atom. The van der Waals surface area contributed by atoms with E-state index in [-0.39, 0.29) is 17.3 Å². The predicted molar refractivity (Wildman–Crippen MR) is 352 cm³/mol. The molecule has 0 saturated heterocycles. The normalized spacial score (nSPS) is 10.4. The van der Waals surface area contributed by atoms with E-state index in [4.69, 9.17) is 33.0 Å². The van der Waals surface area contributed by atoms with Crippen molar-refractivity contribution in [3.63, 3.8) is 0 Å². The molecule has 9 aromatic carbocycles. The number of hydrogen-bond donors (Lipinski definition) is 2. The molecule has 9 aromatic rings. The molecule has 449 valence electrons. The number of rotatable bonds is 17. The summed E-state index contributed by atoms with van der Waals surface area (Å²) < 4.78 is 72.7. The van der Waals surface area contributed by atoms with Gasteiger partial charge in [-0.2, -0.15) is 13.9 Å². The zero-order chi connectivity index (χ0) is 63.0. The number of methoxy groups -OCH3 is 3. The Hall–Kier alpha value is -7.19. The molecule has 0 aliphatic heterocycles. The summed E-state index contributed by atoms with van der Waals surface area (Å²) >= 11 is 3.56. The van der Waals surface area contributed by atoms with Gasteiger partial charge in [0, 0.05) is 46.7 Å². The Kier molecular flexibility index (Phi) is 31.6. The van der Waals surface area contributed by atoms with Crippen LogP contribution in [0.15, 0.2) is 218 Å². The van der Waals surface area contributed by atoms with E-state index < -0.39 is 21.2 Å². The monoisotopic (exact) mass is 1460 g/mol. The first-order valence-corrected chi connectivity index (χ1v) is 38.1. The average Bonchev–Trinajstić information content (AvgIpc) is 3.71. The summed E-state index contributed by atoms with van der Waals surface area (Å²) in [4.78, 5) is 37.3. The molecule has 0 aromatic heterocycles. The zero-order valence-corrected chi connectivity index (χ0v) is 55.9. The number of halogens is 2. The van der Waals surface area contributed by atoms with Gasteiger partial charge in [-0.1, -0.05) is 89.5 Å². The average molecular weight is 1470 g/mol. The number of nitrogens with one attached hydrogen (secondary N) is 1. The van der Waals surface area contributed by atoms with E-state index in [0.717, 1.165) is 33.9 Å². The van der Waals surface area contributed by atoms with Gasteiger partial charge in [-0.05, 0) is 166 Å². The molecule has 86 heavy (non-hydrogen) atoms. The summed E-state index contributed by atoms with van der Waals surface area (Å²) in [7, 11) is 3.39. The minimum atomic E-state index is -3.67. The van der Waals surface area contributed by atoms with E-state index in [0.29, 0.717) is 83.6 Å². The van der Waals surface area contributed by atoms with Gasteiger partial charge in [-0.25, -0.2) is 8.49 Å². The fraction of sp³-hybridized carbons (Fsp3) is 0.136. The number of hydrogen-bond acceptors (Lipinski definition) is 14. The van der Waals surface area contributed by atoms with Crippen LogP contribution in [0, 0.1) is 20.8 Å². The van der Waals surface area contributed by atoms with Crippen molar-refractivity contribution in [1.82, 2.24) is 5.48 Å². The topological polar surface area (TPSA) is 199 Å². The molecule has 0 radical (unpaired) electrons. The van der Waals surface area contributed by atoms with Crippen molar-refractivity contribution in [2.75, 3.05) is 40.9 Å². The standard InChI is InChI=1S/3C21H18O3.C2H7NO2S.CH4O3S.2HI.V/c3*1-15-3-5-16(6-4-15)21(22)17-7-9-19(10-8-17)24-20-13-11-18(23-2)12-14-20;1-3-5-6(2)4;1-5(2,3)4;;;/h3*3-14H,1-2H3;3H,1-2H3;1H3,(H,2,3,4);2*1H;/q;;;;;;;+2/p-2. The first kappa shape index (κ1) is 71.3. The maximum absolute atomic E-state index is 12.4. The molecule has 0 heterocycles. The summed E-state index contributed by atoms with van der Waals surface area (Å²) in [6.07, 6.45) is 2.16. The zero-order valence-electron chi connectivity index (χ0n) is 48.6. The number of carbonyl (C=O) groups excluding carboxylic acids is 3. The molecule has 0 saturated carbocycles. The van der Waals surface area contributed by atoms with Gasteiger partial charge in [0.25, 0.3) is 10.1 Å². The molecule has 2 N–H and O–H groups in total. The molecule has 0 aliphatic rings. The Labute approximate surface area is 534 Å². The van der Waals surface area contributed by atoms with Crippen molar-refractivity contribution in [3.05, 3.63) is 268 Å². The second-order valence-electron chi connectivity index (χ2n) is 18.0. The molecule has 15 nitrogen and oxygen atoms in total. The third-order valence-electron chi connectivity index (χ3n) is 11.4. The first-order valence-electron chi connectivity index (χ1n) is 25.8. The van der Waals surface area contributed by atoms with Gasteiger partial charge in [0.15, 0.2) is 28.4 Å². The number of carbonyl (C=O) groups is 3. The van der Waals surface area contributed by atoms with Crippen LogP contribution in [-0.4, -0.2) is 75.4 Å². The SMILES string of the molecule is CNOS(C)=O.COc1ccc(Oc2ccc(C(=O)c3ccc(C)cc3)cc2)cc1.COc1ccc(Oc2ccc(C(=O)c3ccc(C)cc3)cc2)cc1.COc1ccc(Oc2ccc(C(=O)c3ccc(C)cc3)cc2)cc1.CS(=O)(=O)O.[I][V][I]. The predicted octanol–water partition coefficient (Wildman–Crippen LogP) is 15.8. The van der Waals surface area contributed by atoms with Crippen LogP contribution in [0.5, 0.6) is 51.7 Å². The van der Waals surface area contributed by atoms with Crippen molar-refractivity contribution < 1.29 is 73.7 Å². The van der Waals surface area contributed by atoms with Crippen molar-refractivity contribution >= 4 is 78.5 Å². The summed E-state index contributed by atoms with van der Waals surface area (Å²) in [5, 5.41) is 0. The number of benzene rings is 9. The Morgan fingerprint density at radius 3 is 0.686 bits per heavy atom. The molecule has 20 heteroatoms. The van der Waals surface area contributed by atoms with E-state index in [1.54, 1.807) is 101 Å². The van der Waals surface area contributed by atoms with E-state index in [1.165, 1.54) is 6.26 Å². The summed E-state index contributed by atoms with van der Waals surface area (Å²) in [5.41, 5.74) is 9.64. The molecule has 0 amide bonds. The van der Waals surface area contributed by atoms with E-state index in [1.807, 2.05) is 166 Å². The van der Waals surface area contributed by atoms with Crippen LogP contribution in [0.25, 0.3) is 0 Å². The first-order chi connectivity index (χ1) is 41.1. The second kappa shape index (κ2) is 38.1. The van der Waals surface area contributed by atoms with Crippen molar-refractivity contribution in [1.29, 1.82) is 0 Å². The third kappa shape index (κ3) is 27.0. The van der Waals surface area contributed by atoms with Gasteiger partial charge in [0.05, 0.1) is 27.6 Å². The van der Waals surface area contributed by atoms with Crippen LogP contribution in [-0.2, 0) is 34.9 Å². The van der Waals surface area contributed by atoms with E-state index >= 15 is 0 Å². The van der Waals surface area contributed by atoms with Crippen LogP contribution >= 0.6 is 40.0 Å². The maximum atomic E-state index is 12.4. The molecule has 0 fully saturated rings. The van der Waals surface area contributed by atoms with Gasteiger partial charge in [-0.15, -0.1) is 0 Å². The van der Waals surface area contributed by atoms with Crippen LogP contribution in [0.4, 0.5) is 0 Å². The molecular weight excluding hydrogens is 1400 g/mol. The number of aryl methyl sites for hydroxylation is 3. The van der Waals surface area contributed by atoms with Gasteiger partial charge in [0.2, 0.25) is 0 Å². The van der Waals surface area contributed by atoms with Crippen LogP contribution in [0.3, 0.4) is 0 Å². The van der Waals surface area contributed by atoms with E-state index in [9.17, 15) is 27.0 Å². The quantitative estimate of drug-likeness (QED) is 0.0377.